The van der Waals surface area contributed by atoms with Crippen molar-refractivity contribution >= 4 is 40.7 Å². The Balaban J connectivity index is 0.00000450. The lowest BCUT2D eigenvalue weighted by molar-refractivity contribution is -0.274. The van der Waals surface area contributed by atoms with E-state index in [1.54, 1.807) is 12.1 Å². The van der Waals surface area contributed by atoms with E-state index in [9.17, 15) is 17.4 Å². The fraction of sp³-hybridized carbons (Fsp3) is 0.650. The lowest BCUT2D eigenvalue weighted by atomic mass is 9.95. The molecule has 1 saturated carbocycles. The number of benzene rings is 1. The molecule has 1 aromatic carbocycles. The van der Waals surface area contributed by atoms with E-state index in [4.69, 9.17) is 0 Å². The molecule has 0 amide bonds. The van der Waals surface area contributed by atoms with Crippen molar-refractivity contribution in [3.05, 3.63) is 29.8 Å². The van der Waals surface area contributed by atoms with Crippen molar-refractivity contribution in [3.63, 3.8) is 0 Å². The number of alkyl halides is 3. The molecule has 3 unspecified atom stereocenters. The molecule has 0 radical (unpaired) electrons. The van der Waals surface area contributed by atoms with Crippen molar-refractivity contribution in [1.29, 1.82) is 0 Å². The second-order valence-corrected chi connectivity index (χ2v) is 9.01. The fourth-order valence-corrected chi connectivity index (χ4v) is 4.77. The van der Waals surface area contributed by atoms with Crippen LogP contribution in [0.2, 0.25) is 0 Å². The Kier molecular flexibility index (Phi) is 12.0. The van der Waals surface area contributed by atoms with E-state index in [1.807, 2.05) is 13.8 Å². The Morgan fingerprint density at radius 3 is 2.53 bits per heavy atom. The highest BCUT2D eigenvalue weighted by Crippen LogP contribution is 2.24. The quantitative estimate of drug-likeness (QED) is 0.281. The van der Waals surface area contributed by atoms with Crippen molar-refractivity contribution in [1.82, 2.24) is 10.6 Å². The first-order chi connectivity index (χ1) is 13.8. The van der Waals surface area contributed by atoms with E-state index >= 15 is 0 Å². The molecule has 30 heavy (non-hydrogen) atoms. The molecular weight excluding hydrogens is 530 g/mol. The summed E-state index contributed by atoms with van der Waals surface area (Å²) in [6.07, 6.45) is -0.0930. The maximum Gasteiger partial charge on any atom is 0.573 e. The van der Waals surface area contributed by atoms with Gasteiger partial charge in [-0.15, -0.1) is 37.1 Å². The van der Waals surface area contributed by atoms with Gasteiger partial charge in [0.05, 0.1) is 0 Å². The molecule has 1 fully saturated rings. The van der Waals surface area contributed by atoms with E-state index in [1.165, 1.54) is 12.1 Å². The van der Waals surface area contributed by atoms with Crippen LogP contribution >= 0.6 is 24.0 Å². The number of nitrogens with zero attached hydrogens (tertiary/aromatic N) is 1. The van der Waals surface area contributed by atoms with Gasteiger partial charge in [0.25, 0.3) is 0 Å². The van der Waals surface area contributed by atoms with Gasteiger partial charge < -0.3 is 15.4 Å². The zero-order chi connectivity index (χ0) is 21.3. The van der Waals surface area contributed by atoms with Crippen LogP contribution in [-0.4, -0.2) is 46.7 Å². The van der Waals surface area contributed by atoms with E-state index in [0.717, 1.165) is 43.8 Å². The van der Waals surface area contributed by atoms with Gasteiger partial charge >= 0.3 is 6.36 Å². The first-order valence-corrected chi connectivity index (χ1v) is 11.5. The minimum Gasteiger partial charge on any atom is -0.406 e. The smallest absolute Gasteiger partial charge is 0.406 e. The molecule has 172 valence electrons. The number of guanidine groups is 1. The number of aliphatic imine (C=N–C) groups is 1. The van der Waals surface area contributed by atoms with Crippen LogP contribution in [0.3, 0.4) is 0 Å². The summed E-state index contributed by atoms with van der Waals surface area (Å²) in [5, 5.41) is 6.92. The van der Waals surface area contributed by atoms with Crippen molar-refractivity contribution in [2.45, 2.75) is 63.6 Å². The molecule has 1 aliphatic carbocycles. The molecule has 10 heteroatoms. The largest absolute Gasteiger partial charge is 0.573 e. The minimum absolute atomic E-state index is 0. The third kappa shape index (κ3) is 9.84. The standard InChI is InChI=1S/C20H30F3N3O2S.HI/c1-3-24-19(26-16-6-5-7-18(14-16)29(27)4-2)25-13-12-15-8-10-17(11-9-15)28-20(21,22)23;/h8-11,16,18H,3-7,12-14H2,1-2H3,(H2,24,25,26);1H. The molecule has 2 N–H and O–H groups in total. The molecule has 2 rings (SSSR count). The first kappa shape index (κ1) is 27.0. The van der Waals surface area contributed by atoms with Crippen molar-refractivity contribution in [3.8, 4) is 5.75 Å². The molecule has 3 atom stereocenters. The molecule has 1 aliphatic rings. The highest BCUT2D eigenvalue weighted by Gasteiger charge is 2.31. The molecule has 5 nitrogen and oxygen atoms in total. The number of rotatable bonds is 8. The second kappa shape index (κ2) is 13.4. The summed E-state index contributed by atoms with van der Waals surface area (Å²) in [4.78, 5) is 4.58. The maximum atomic E-state index is 12.2. The Morgan fingerprint density at radius 2 is 1.93 bits per heavy atom. The lowest BCUT2D eigenvalue weighted by Crippen LogP contribution is -2.46. The zero-order valence-corrected chi connectivity index (χ0v) is 20.5. The predicted octanol–water partition coefficient (Wildman–Crippen LogP) is 4.38. The summed E-state index contributed by atoms with van der Waals surface area (Å²) in [7, 11) is -0.772. The Bertz CT molecular complexity index is 687. The lowest BCUT2D eigenvalue weighted by Gasteiger charge is -2.30. The zero-order valence-electron chi connectivity index (χ0n) is 17.3. The van der Waals surface area contributed by atoms with Crippen LogP contribution in [-0.2, 0) is 17.2 Å². The second-order valence-electron chi connectivity index (χ2n) is 7.00. The van der Waals surface area contributed by atoms with E-state index in [2.05, 4.69) is 20.4 Å². The Labute approximate surface area is 196 Å². The van der Waals surface area contributed by atoms with Gasteiger partial charge in [-0.05, 0) is 50.3 Å². The molecule has 0 bridgehead atoms. The highest BCUT2D eigenvalue weighted by molar-refractivity contribution is 14.0. The molecular formula is C20H31F3IN3O2S. The Morgan fingerprint density at radius 1 is 1.23 bits per heavy atom. The topological polar surface area (TPSA) is 62.7 Å². The van der Waals surface area contributed by atoms with Gasteiger partial charge in [0.1, 0.15) is 5.75 Å². The summed E-state index contributed by atoms with van der Waals surface area (Å²) in [6.45, 7) is 5.19. The number of nitrogens with one attached hydrogen (secondary N) is 2. The monoisotopic (exact) mass is 561 g/mol. The number of halogens is 4. The molecule has 0 heterocycles. The predicted molar refractivity (Wildman–Crippen MR) is 126 cm³/mol. The molecule has 0 aliphatic heterocycles. The van der Waals surface area contributed by atoms with Gasteiger partial charge in [-0.25, -0.2) is 0 Å². The molecule has 0 spiro atoms. The Hall–Kier alpha value is -1.04. The van der Waals surface area contributed by atoms with Gasteiger partial charge in [-0.2, -0.15) is 0 Å². The maximum absolute atomic E-state index is 12.2. The van der Waals surface area contributed by atoms with Gasteiger partial charge in [-0.1, -0.05) is 25.5 Å². The third-order valence-electron chi connectivity index (χ3n) is 4.79. The highest BCUT2D eigenvalue weighted by atomic mass is 127. The number of hydrogen-bond acceptors (Lipinski definition) is 3. The van der Waals surface area contributed by atoms with E-state index in [-0.39, 0.29) is 41.0 Å². The summed E-state index contributed by atoms with van der Waals surface area (Å²) in [5.41, 5.74) is 0.884. The summed E-state index contributed by atoms with van der Waals surface area (Å²) in [5.74, 6) is 1.19. The SMILES string of the molecule is CCNC(=NCCc1ccc(OC(F)(F)F)cc1)NC1CCCC(S(=O)CC)C1.I. The molecule has 0 saturated heterocycles. The van der Waals surface area contributed by atoms with Crippen LogP contribution in [0.1, 0.15) is 45.1 Å². The van der Waals surface area contributed by atoms with Crippen LogP contribution in [0.25, 0.3) is 0 Å². The fourth-order valence-electron chi connectivity index (χ4n) is 3.42. The first-order valence-electron chi connectivity index (χ1n) is 10.1. The average molecular weight is 561 g/mol. The van der Waals surface area contributed by atoms with Crippen molar-refractivity contribution < 1.29 is 22.1 Å². The van der Waals surface area contributed by atoms with Gasteiger partial charge in [0.2, 0.25) is 0 Å². The van der Waals surface area contributed by atoms with Crippen LogP contribution in [0.4, 0.5) is 13.2 Å². The minimum atomic E-state index is -4.68. The molecule has 1 aromatic rings. The van der Waals surface area contributed by atoms with Crippen molar-refractivity contribution in [2.75, 3.05) is 18.8 Å². The van der Waals surface area contributed by atoms with Crippen molar-refractivity contribution in [2.24, 2.45) is 4.99 Å². The summed E-state index contributed by atoms with van der Waals surface area (Å²) in [6, 6.07) is 6.10. The summed E-state index contributed by atoms with van der Waals surface area (Å²) < 4.78 is 52.6. The third-order valence-corrected chi connectivity index (χ3v) is 6.54. The van der Waals surface area contributed by atoms with Gasteiger partial charge in [-0.3, -0.25) is 9.20 Å². The average Bonchev–Trinajstić information content (AvgIpc) is 2.68. The van der Waals surface area contributed by atoms with E-state index in [0.29, 0.717) is 18.7 Å². The summed E-state index contributed by atoms with van der Waals surface area (Å²) >= 11 is 0. The normalized spacial score (nSPS) is 20.8. The molecule has 0 aromatic heterocycles. The van der Waals surface area contributed by atoms with Crippen LogP contribution in [0, 0.1) is 0 Å². The van der Waals surface area contributed by atoms with Crippen LogP contribution in [0.15, 0.2) is 29.3 Å². The van der Waals surface area contributed by atoms with Gasteiger partial charge in [0.15, 0.2) is 5.96 Å². The van der Waals surface area contributed by atoms with E-state index < -0.39 is 17.2 Å². The van der Waals surface area contributed by atoms with Crippen LogP contribution in [0.5, 0.6) is 5.75 Å². The van der Waals surface area contributed by atoms with Gasteiger partial charge in [0, 0.05) is 40.9 Å². The number of hydrogen-bond donors (Lipinski definition) is 2. The van der Waals surface area contributed by atoms with Crippen LogP contribution < -0.4 is 15.4 Å². The number of ether oxygens (including phenoxy) is 1.